The van der Waals surface area contributed by atoms with Gasteiger partial charge in [0.15, 0.2) is 0 Å². The molecule has 0 fully saturated rings. The first-order valence-electron chi connectivity index (χ1n) is 14.3. The van der Waals surface area contributed by atoms with Gasteiger partial charge in [-0.1, -0.05) is 97.1 Å². The number of aromatic nitrogens is 3. The molecular weight excluding hydrogens is 547 g/mol. The van der Waals surface area contributed by atoms with E-state index in [2.05, 4.69) is 120 Å². The van der Waals surface area contributed by atoms with Gasteiger partial charge in [-0.15, -0.1) is 11.3 Å². The number of hydrogen-bond donors (Lipinski definition) is 0. The summed E-state index contributed by atoms with van der Waals surface area (Å²) in [4.78, 5) is 10.8. The Kier molecular flexibility index (Phi) is 4.57. The topological polar surface area (TPSA) is 43.9 Å². The van der Waals surface area contributed by atoms with Gasteiger partial charge in [-0.3, -0.25) is 4.57 Å². The molecule has 0 radical (unpaired) electrons. The smallest absolute Gasteiger partial charge is 0.235 e. The number of benzene rings is 6. The Hall–Kier alpha value is -5.52. The van der Waals surface area contributed by atoms with E-state index in [-0.39, 0.29) is 0 Å². The Morgan fingerprint density at radius 2 is 1.33 bits per heavy atom. The van der Waals surface area contributed by atoms with E-state index in [4.69, 9.17) is 14.4 Å². The molecule has 10 aromatic rings. The summed E-state index contributed by atoms with van der Waals surface area (Å²) in [7, 11) is 0. The minimum atomic E-state index is 0.664. The van der Waals surface area contributed by atoms with Gasteiger partial charge in [-0.2, -0.15) is 0 Å². The minimum absolute atomic E-state index is 0.664. The lowest BCUT2D eigenvalue weighted by Crippen LogP contribution is -2.02. The van der Waals surface area contributed by atoms with Crippen LogP contribution < -0.4 is 0 Å². The number of furan rings is 1. The average molecular weight is 568 g/mol. The van der Waals surface area contributed by atoms with Crippen molar-refractivity contribution in [3.05, 3.63) is 127 Å². The van der Waals surface area contributed by atoms with Gasteiger partial charge in [0.1, 0.15) is 11.2 Å². The maximum absolute atomic E-state index is 6.30. The van der Waals surface area contributed by atoms with Gasteiger partial charge >= 0.3 is 0 Å². The molecule has 200 valence electrons. The second-order valence-electron chi connectivity index (χ2n) is 11.0. The molecule has 0 amide bonds. The maximum Gasteiger partial charge on any atom is 0.235 e. The predicted molar refractivity (Wildman–Crippen MR) is 179 cm³/mol. The Labute approximate surface area is 249 Å². The van der Waals surface area contributed by atoms with Crippen LogP contribution in [0.3, 0.4) is 0 Å². The zero-order valence-corrected chi connectivity index (χ0v) is 23.6. The highest BCUT2D eigenvalue weighted by Gasteiger charge is 2.22. The predicted octanol–water partition coefficient (Wildman–Crippen LogP) is 10.7. The Bertz CT molecular complexity index is 2730. The first-order valence-corrected chi connectivity index (χ1v) is 15.2. The van der Waals surface area contributed by atoms with Crippen LogP contribution in [0.1, 0.15) is 0 Å². The van der Waals surface area contributed by atoms with Crippen LogP contribution in [0.15, 0.2) is 132 Å². The van der Waals surface area contributed by atoms with Gasteiger partial charge in [0.05, 0.1) is 26.9 Å². The quantitative estimate of drug-likeness (QED) is 0.209. The van der Waals surface area contributed by atoms with Crippen LogP contribution in [0.4, 0.5) is 0 Å². The highest BCUT2D eigenvalue weighted by atomic mass is 32.1. The summed E-state index contributed by atoms with van der Waals surface area (Å²) in [6, 6.07) is 44.6. The lowest BCUT2D eigenvalue weighted by Gasteiger charge is -2.10. The molecule has 0 aliphatic heterocycles. The number of thiophene rings is 1. The molecule has 0 spiro atoms. The highest BCUT2D eigenvalue weighted by molar-refractivity contribution is 7.26. The van der Waals surface area contributed by atoms with Gasteiger partial charge in [-0.25, -0.2) is 9.97 Å². The Morgan fingerprint density at radius 3 is 2.23 bits per heavy atom. The maximum atomic E-state index is 6.30. The van der Waals surface area contributed by atoms with E-state index in [1.807, 2.05) is 12.1 Å². The van der Waals surface area contributed by atoms with Crippen LogP contribution in [-0.2, 0) is 0 Å². The van der Waals surface area contributed by atoms with Crippen LogP contribution >= 0.6 is 11.3 Å². The van der Waals surface area contributed by atoms with Crippen LogP contribution in [0.2, 0.25) is 0 Å². The second kappa shape index (κ2) is 8.51. The number of para-hydroxylation sites is 2. The van der Waals surface area contributed by atoms with Gasteiger partial charge in [0.25, 0.3) is 0 Å². The summed E-state index contributed by atoms with van der Waals surface area (Å²) in [6.45, 7) is 0. The third-order valence-electron chi connectivity index (χ3n) is 8.61. The monoisotopic (exact) mass is 567 g/mol. The van der Waals surface area contributed by atoms with Crippen LogP contribution in [0.5, 0.6) is 0 Å². The van der Waals surface area contributed by atoms with Gasteiger partial charge < -0.3 is 4.42 Å². The fraction of sp³-hybridized carbons (Fsp3) is 0. The second-order valence-corrected chi connectivity index (χ2v) is 12.0. The van der Waals surface area contributed by atoms with E-state index in [0.717, 1.165) is 65.2 Å². The molecule has 5 heteroatoms. The lowest BCUT2D eigenvalue weighted by atomic mass is 10.1. The Balaban J connectivity index is 1.39. The molecule has 0 saturated heterocycles. The summed E-state index contributed by atoms with van der Waals surface area (Å²) in [5, 5.41) is 8.06. The third-order valence-corrected chi connectivity index (χ3v) is 9.76. The lowest BCUT2D eigenvalue weighted by molar-refractivity contribution is 0.669. The van der Waals surface area contributed by atoms with Crippen LogP contribution in [-0.4, -0.2) is 14.5 Å². The molecule has 4 nitrogen and oxygen atoms in total. The molecular formula is C38H21N3OS. The van der Waals surface area contributed by atoms with E-state index in [1.54, 1.807) is 11.3 Å². The molecule has 6 aromatic carbocycles. The molecule has 0 unspecified atom stereocenters. The zero-order chi connectivity index (χ0) is 28.1. The summed E-state index contributed by atoms with van der Waals surface area (Å²) < 4.78 is 10.8. The number of hydrogen-bond acceptors (Lipinski definition) is 4. The van der Waals surface area contributed by atoms with E-state index < -0.39 is 0 Å². The van der Waals surface area contributed by atoms with Crippen molar-refractivity contribution in [2.75, 3.05) is 0 Å². The van der Waals surface area contributed by atoms with Crippen molar-refractivity contribution in [3.63, 3.8) is 0 Å². The summed E-state index contributed by atoms with van der Waals surface area (Å²) in [6.07, 6.45) is 0. The van der Waals surface area contributed by atoms with Crippen molar-refractivity contribution >= 4 is 86.2 Å². The molecule has 4 heterocycles. The standard InChI is InChI=1S/C38H21N3OS/c1-2-11-23(12-3-1)35-37-36(34-24-13-5-4-10-22(24)18-19-33(34)43-37)40-38(39-35)41-29-16-8-6-14-25(29)27-21-32-28(20-30(27)41)26-15-7-9-17-31(26)42-32/h1-21H. The van der Waals surface area contributed by atoms with Crippen LogP contribution in [0.25, 0.3) is 92.0 Å². The fourth-order valence-electron chi connectivity index (χ4n) is 6.69. The molecule has 0 saturated carbocycles. The van der Waals surface area contributed by atoms with E-state index in [1.165, 1.54) is 20.9 Å². The minimum Gasteiger partial charge on any atom is -0.456 e. The molecule has 0 aliphatic rings. The molecule has 10 rings (SSSR count). The third kappa shape index (κ3) is 3.20. The molecule has 4 aromatic heterocycles. The number of fused-ring (bicyclic) bond motifs is 11. The molecule has 0 N–H and O–H groups in total. The first kappa shape index (κ1) is 23.1. The van der Waals surface area contributed by atoms with Crippen LogP contribution in [0, 0.1) is 0 Å². The zero-order valence-electron chi connectivity index (χ0n) is 22.8. The largest absolute Gasteiger partial charge is 0.456 e. The first-order chi connectivity index (χ1) is 21.3. The number of rotatable bonds is 2. The van der Waals surface area contributed by atoms with Crippen molar-refractivity contribution in [3.8, 4) is 17.2 Å². The summed E-state index contributed by atoms with van der Waals surface area (Å²) >= 11 is 1.77. The average Bonchev–Trinajstić information content (AvgIpc) is 3.73. The molecule has 0 aliphatic carbocycles. The van der Waals surface area contributed by atoms with Gasteiger partial charge in [-0.05, 0) is 41.1 Å². The van der Waals surface area contributed by atoms with E-state index in [9.17, 15) is 0 Å². The summed E-state index contributed by atoms with van der Waals surface area (Å²) in [5.74, 6) is 0.664. The van der Waals surface area contributed by atoms with Crippen molar-refractivity contribution in [2.24, 2.45) is 0 Å². The Morgan fingerprint density at radius 1 is 0.558 bits per heavy atom. The normalized spacial score (nSPS) is 12.2. The highest BCUT2D eigenvalue weighted by Crippen LogP contribution is 2.43. The molecule has 43 heavy (non-hydrogen) atoms. The van der Waals surface area contributed by atoms with Gasteiger partial charge in [0.2, 0.25) is 5.95 Å². The summed E-state index contributed by atoms with van der Waals surface area (Å²) in [5.41, 5.74) is 6.92. The fourth-order valence-corrected chi connectivity index (χ4v) is 7.86. The SMILES string of the molecule is c1ccc(-c2nc(-n3c4ccccc4c4cc5oc6ccccc6c5cc43)nc3c2sc2ccc4ccccc4c23)cc1. The van der Waals surface area contributed by atoms with Crippen molar-refractivity contribution < 1.29 is 4.42 Å². The van der Waals surface area contributed by atoms with E-state index >= 15 is 0 Å². The molecule has 0 bridgehead atoms. The molecule has 0 atom stereocenters. The van der Waals surface area contributed by atoms with Crippen molar-refractivity contribution in [2.45, 2.75) is 0 Å². The van der Waals surface area contributed by atoms with E-state index in [0.29, 0.717) is 5.95 Å². The van der Waals surface area contributed by atoms with Crippen molar-refractivity contribution in [1.29, 1.82) is 0 Å². The van der Waals surface area contributed by atoms with Crippen molar-refractivity contribution in [1.82, 2.24) is 14.5 Å². The number of nitrogens with zero attached hydrogens (tertiary/aromatic N) is 3. The van der Waals surface area contributed by atoms with Gasteiger partial charge in [0, 0.05) is 37.2 Å².